The standard InChI is InChI=1S/C10H10BrN3OS/c11-7-3-9(13-4-7)10(15)12-2-1-8-5-16-6-14-8/h3-6,13H,1-2H2,(H,12,15). The number of carbonyl (C=O) groups excluding carboxylic acids is 1. The van der Waals surface area contributed by atoms with Crippen molar-refractivity contribution in [3.8, 4) is 0 Å². The van der Waals surface area contributed by atoms with Gasteiger partial charge in [-0.3, -0.25) is 4.79 Å². The Labute approximate surface area is 105 Å². The molecule has 0 bridgehead atoms. The van der Waals surface area contributed by atoms with Gasteiger partial charge in [0.1, 0.15) is 5.69 Å². The second kappa shape index (κ2) is 5.27. The van der Waals surface area contributed by atoms with Crippen molar-refractivity contribution in [3.05, 3.63) is 39.0 Å². The Hall–Kier alpha value is -1.14. The van der Waals surface area contributed by atoms with Gasteiger partial charge < -0.3 is 10.3 Å². The predicted octanol–water partition coefficient (Wildman–Crippen LogP) is 2.21. The summed E-state index contributed by atoms with van der Waals surface area (Å²) < 4.78 is 0.872. The lowest BCUT2D eigenvalue weighted by atomic mass is 10.3. The molecule has 0 saturated carbocycles. The summed E-state index contributed by atoms with van der Waals surface area (Å²) in [5.41, 5.74) is 3.36. The van der Waals surface area contributed by atoms with Gasteiger partial charge in [0.2, 0.25) is 0 Å². The Balaban J connectivity index is 1.80. The van der Waals surface area contributed by atoms with Crippen molar-refractivity contribution in [1.82, 2.24) is 15.3 Å². The van der Waals surface area contributed by atoms with Gasteiger partial charge in [0, 0.05) is 29.0 Å². The smallest absolute Gasteiger partial charge is 0.267 e. The molecule has 1 amide bonds. The molecular formula is C10H10BrN3OS. The topological polar surface area (TPSA) is 57.8 Å². The third kappa shape index (κ3) is 2.93. The molecule has 0 spiro atoms. The first-order valence-corrected chi connectivity index (χ1v) is 6.48. The van der Waals surface area contributed by atoms with Crippen molar-refractivity contribution in [3.63, 3.8) is 0 Å². The Morgan fingerprint density at radius 2 is 2.50 bits per heavy atom. The number of hydrogen-bond donors (Lipinski definition) is 2. The normalized spacial score (nSPS) is 10.3. The molecule has 0 aromatic carbocycles. The quantitative estimate of drug-likeness (QED) is 0.909. The third-order valence-electron chi connectivity index (χ3n) is 2.04. The minimum absolute atomic E-state index is 0.0964. The van der Waals surface area contributed by atoms with Crippen LogP contribution in [-0.4, -0.2) is 22.4 Å². The van der Waals surface area contributed by atoms with Gasteiger partial charge in [-0.2, -0.15) is 0 Å². The molecule has 16 heavy (non-hydrogen) atoms. The van der Waals surface area contributed by atoms with Gasteiger partial charge in [-0.25, -0.2) is 4.98 Å². The van der Waals surface area contributed by atoms with Crippen LogP contribution in [0.5, 0.6) is 0 Å². The zero-order valence-corrected chi connectivity index (χ0v) is 10.8. The Morgan fingerprint density at radius 3 is 3.12 bits per heavy atom. The fourth-order valence-electron chi connectivity index (χ4n) is 1.26. The summed E-state index contributed by atoms with van der Waals surface area (Å²) in [4.78, 5) is 18.6. The molecule has 0 aliphatic heterocycles. The van der Waals surface area contributed by atoms with Crippen molar-refractivity contribution < 1.29 is 4.79 Å². The van der Waals surface area contributed by atoms with Crippen LogP contribution in [0, 0.1) is 0 Å². The van der Waals surface area contributed by atoms with Crippen LogP contribution in [0.25, 0.3) is 0 Å². The molecular weight excluding hydrogens is 290 g/mol. The van der Waals surface area contributed by atoms with E-state index < -0.39 is 0 Å². The van der Waals surface area contributed by atoms with Crippen LogP contribution in [0.3, 0.4) is 0 Å². The number of nitrogens with zero attached hydrogens (tertiary/aromatic N) is 1. The highest BCUT2D eigenvalue weighted by Gasteiger charge is 2.06. The largest absolute Gasteiger partial charge is 0.356 e. The zero-order chi connectivity index (χ0) is 11.4. The second-order valence-corrected chi connectivity index (χ2v) is 4.85. The van der Waals surface area contributed by atoms with Crippen molar-refractivity contribution in [1.29, 1.82) is 0 Å². The van der Waals surface area contributed by atoms with E-state index in [1.54, 1.807) is 29.1 Å². The van der Waals surface area contributed by atoms with Gasteiger partial charge in [0.05, 0.1) is 11.2 Å². The maximum Gasteiger partial charge on any atom is 0.267 e. The molecule has 2 N–H and O–H groups in total. The van der Waals surface area contributed by atoms with Crippen LogP contribution in [-0.2, 0) is 6.42 Å². The van der Waals surface area contributed by atoms with E-state index in [4.69, 9.17) is 0 Å². The average molecular weight is 300 g/mol. The number of nitrogens with one attached hydrogen (secondary N) is 2. The summed E-state index contributed by atoms with van der Waals surface area (Å²) >= 11 is 4.84. The van der Waals surface area contributed by atoms with Crippen LogP contribution < -0.4 is 5.32 Å². The molecule has 2 aromatic rings. The predicted molar refractivity (Wildman–Crippen MR) is 66.6 cm³/mol. The number of aromatic amines is 1. The van der Waals surface area contributed by atoms with Gasteiger partial charge in [-0.1, -0.05) is 0 Å². The van der Waals surface area contributed by atoms with Crippen LogP contribution in [0.4, 0.5) is 0 Å². The van der Waals surface area contributed by atoms with E-state index in [1.165, 1.54) is 0 Å². The Morgan fingerprint density at radius 1 is 1.62 bits per heavy atom. The van der Waals surface area contributed by atoms with Crippen molar-refractivity contribution in [2.45, 2.75) is 6.42 Å². The molecule has 6 heteroatoms. The summed E-state index contributed by atoms with van der Waals surface area (Å²) in [5, 5.41) is 4.81. The third-order valence-corrected chi connectivity index (χ3v) is 3.14. The maximum atomic E-state index is 11.6. The number of aromatic nitrogens is 2. The van der Waals surface area contributed by atoms with E-state index in [0.717, 1.165) is 16.6 Å². The molecule has 2 heterocycles. The number of thiazole rings is 1. The minimum Gasteiger partial charge on any atom is -0.356 e. The summed E-state index contributed by atoms with van der Waals surface area (Å²) in [6.07, 6.45) is 2.49. The summed E-state index contributed by atoms with van der Waals surface area (Å²) in [6.45, 7) is 0.596. The molecule has 84 valence electrons. The number of H-pyrrole nitrogens is 1. The first-order valence-electron chi connectivity index (χ1n) is 4.75. The van der Waals surface area contributed by atoms with E-state index >= 15 is 0 Å². The average Bonchev–Trinajstić information content (AvgIpc) is 2.89. The van der Waals surface area contributed by atoms with Crippen LogP contribution in [0.1, 0.15) is 16.2 Å². The fraction of sp³-hybridized carbons (Fsp3) is 0.200. The van der Waals surface area contributed by atoms with Gasteiger partial charge >= 0.3 is 0 Å². The van der Waals surface area contributed by atoms with Gasteiger partial charge in [-0.15, -0.1) is 11.3 Å². The lowest BCUT2D eigenvalue weighted by molar-refractivity contribution is 0.0949. The number of carbonyl (C=O) groups is 1. The highest BCUT2D eigenvalue weighted by Crippen LogP contribution is 2.10. The molecule has 0 saturated heterocycles. The van der Waals surface area contributed by atoms with E-state index in [-0.39, 0.29) is 5.91 Å². The number of hydrogen-bond acceptors (Lipinski definition) is 3. The number of halogens is 1. The lowest BCUT2D eigenvalue weighted by Gasteiger charge is -2.01. The lowest BCUT2D eigenvalue weighted by Crippen LogP contribution is -2.25. The van der Waals surface area contributed by atoms with E-state index in [1.807, 2.05) is 5.38 Å². The minimum atomic E-state index is -0.0964. The van der Waals surface area contributed by atoms with Crippen LogP contribution in [0.2, 0.25) is 0 Å². The molecule has 0 radical (unpaired) electrons. The molecule has 0 fully saturated rings. The van der Waals surface area contributed by atoms with Gasteiger partial charge in [-0.05, 0) is 22.0 Å². The SMILES string of the molecule is O=C(NCCc1cscn1)c1cc(Br)c[nH]1. The molecule has 0 aliphatic rings. The molecule has 0 atom stereocenters. The molecule has 2 aromatic heterocycles. The fourth-order valence-corrected chi connectivity index (χ4v) is 2.20. The van der Waals surface area contributed by atoms with Gasteiger partial charge in [0.15, 0.2) is 0 Å². The number of rotatable bonds is 4. The highest BCUT2D eigenvalue weighted by atomic mass is 79.9. The van der Waals surface area contributed by atoms with Crippen molar-refractivity contribution in [2.75, 3.05) is 6.54 Å². The first-order chi connectivity index (χ1) is 7.75. The van der Waals surface area contributed by atoms with Crippen molar-refractivity contribution in [2.24, 2.45) is 0 Å². The molecule has 0 unspecified atom stereocenters. The van der Waals surface area contributed by atoms with Crippen molar-refractivity contribution >= 4 is 33.2 Å². The molecule has 4 nitrogen and oxygen atoms in total. The summed E-state index contributed by atoms with van der Waals surface area (Å²) in [5.74, 6) is -0.0964. The molecule has 0 aliphatic carbocycles. The zero-order valence-electron chi connectivity index (χ0n) is 8.37. The van der Waals surface area contributed by atoms with Gasteiger partial charge in [0.25, 0.3) is 5.91 Å². The summed E-state index contributed by atoms with van der Waals surface area (Å²) in [6, 6.07) is 1.75. The Bertz CT molecular complexity index is 466. The van der Waals surface area contributed by atoms with E-state index in [2.05, 4.69) is 31.2 Å². The number of amides is 1. The van der Waals surface area contributed by atoms with E-state index in [9.17, 15) is 4.79 Å². The monoisotopic (exact) mass is 299 g/mol. The summed E-state index contributed by atoms with van der Waals surface area (Å²) in [7, 11) is 0. The Kier molecular flexibility index (Phi) is 3.74. The molecule has 2 rings (SSSR count). The maximum absolute atomic E-state index is 11.6. The first kappa shape index (κ1) is 11.3. The van der Waals surface area contributed by atoms with E-state index in [0.29, 0.717) is 12.2 Å². The van der Waals surface area contributed by atoms with Crippen LogP contribution in [0.15, 0.2) is 27.6 Å². The van der Waals surface area contributed by atoms with Crippen LogP contribution >= 0.6 is 27.3 Å². The second-order valence-electron chi connectivity index (χ2n) is 3.22. The highest BCUT2D eigenvalue weighted by molar-refractivity contribution is 9.10.